The van der Waals surface area contributed by atoms with Gasteiger partial charge in [-0.3, -0.25) is 9.48 Å². The molecule has 0 radical (unpaired) electrons. The molecule has 26 heavy (non-hydrogen) atoms. The van der Waals surface area contributed by atoms with Gasteiger partial charge in [-0.25, -0.2) is 22.0 Å². The average molecular weight is 385 g/mol. The number of carbonyl (C=O) groups excluding carboxylic acids is 1. The normalized spacial score (nSPS) is 11.5. The first kappa shape index (κ1) is 19.5. The van der Waals surface area contributed by atoms with Crippen molar-refractivity contribution in [2.75, 3.05) is 5.32 Å². The number of ether oxygens (including phenoxy) is 1. The molecule has 0 atom stereocenters. The van der Waals surface area contributed by atoms with Gasteiger partial charge in [0.1, 0.15) is 23.7 Å². The van der Waals surface area contributed by atoms with E-state index in [2.05, 4.69) is 9.84 Å². The predicted molar refractivity (Wildman–Crippen MR) is 73.8 cm³/mol. The zero-order chi connectivity index (χ0) is 19.4. The van der Waals surface area contributed by atoms with Gasteiger partial charge in [0, 0.05) is 6.07 Å². The molecule has 2 rings (SSSR count). The first-order valence-electron chi connectivity index (χ1n) is 6.85. The summed E-state index contributed by atoms with van der Waals surface area (Å²) in [5, 5.41) is 5.25. The highest BCUT2D eigenvalue weighted by Gasteiger charge is 2.23. The third kappa shape index (κ3) is 4.86. The standard InChI is InChI=1S/C14H10F7N3O2/c15-6-1-2-7(10(3-6)26-14(20)21)22-11(25)5-24-9(13(18)19)4-8(23-24)12(16)17/h1-4,12-14H,5H2,(H,22,25). The summed E-state index contributed by atoms with van der Waals surface area (Å²) < 4.78 is 93.0. The minimum Gasteiger partial charge on any atom is -0.432 e. The van der Waals surface area contributed by atoms with Crippen LogP contribution in [0.25, 0.3) is 0 Å². The van der Waals surface area contributed by atoms with E-state index in [4.69, 9.17) is 0 Å². The summed E-state index contributed by atoms with van der Waals surface area (Å²) in [5.41, 5.74) is -2.23. The third-order valence-electron chi connectivity index (χ3n) is 3.00. The molecular weight excluding hydrogens is 375 g/mol. The van der Waals surface area contributed by atoms with Gasteiger partial charge in [-0.05, 0) is 18.2 Å². The van der Waals surface area contributed by atoms with E-state index in [0.29, 0.717) is 16.8 Å². The molecule has 0 aliphatic carbocycles. The van der Waals surface area contributed by atoms with Crippen LogP contribution in [-0.4, -0.2) is 22.3 Å². The van der Waals surface area contributed by atoms with Crippen molar-refractivity contribution in [2.45, 2.75) is 26.0 Å². The number of rotatable bonds is 7. The van der Waals surface area contributed by atoms with Crippen molar-refractivity contribution in [3.8, 4) is 5.75 Å². The number of carbonyl (C=O) groups is 1. The molecule has 0 spiro atoms. The molecule has 0 aliphatic rings. The van der Waals surface area contributed by atoms with Crippen LogP contribution in [0.1, 0.15) is 24.2 Å². The van der Waals surface area contributed by atoms with Gasteiger partial charge in [-0.2, -0.15) is 13.9 Å². The Labute approximate surface area is 141 Å². The minimum absolute atomic E-state index is 0.360. The van der Waals surface area contributed by atoms with Crippen molar-refractivity contribution in [3.05, 3.63) is 41.5 Å². The number of alkyl halides is 6. The summed E-state index contributed by atoms with van der Waals surface area (Å²) in [6.45, 7) is -4.21. The zero-order valence-electron chi connectivity index (χ0n) is 12.6. The van der Waals surface area contributed by atoms with Gasteiger partial charge in [0.05, 0.1) is 5.69 Å². The van der Waals surface area contributed by atoms with Crippen LogP contribution in [0.5, 0.6) is 5.75 Å². The average Bonchev–Trinajstić information content (AvgIpc) is 2.93. The minimum atomic E-state index is -3.31. The molecule has 1 aromatic heterocycles. The van der Waals surface area contributed by atoms with E-state index < -0.39 is 54.9 Å². The maximum absolute atomic E-state index is 13.1. The van der Waals surface area contributed by atoms with Crippen molar-refractivity contribution < 1.29 is 40.3 Å². The maximum atomic E-state index is 13.1. The van der Waals surface area contributed by atoms with E-state index in [0.717, 1.165) is 12.1 Å². The second kappa shape index (κ2) is 8.06. The molecule has 0 fully saturated rings. The summed E-state index contributed by atoms with van der Waals surface area (Å²) in [6.07, 6.45) is -6.30. The first-order valence-corrected chi connectivity index (χ1v) is 6.85. The summed E-state index contributed by atoms with van der Waals surface area (Å²) in [4.78, 5) is 11.9. The maximum Gasteiger partial charge on any atom is 0.387 e. The summed E-state index contributed by atoms with van der Waals surface area (Å²) >= 11 is 0. The second-order valence-corrected chi connectivity index (χ2v) is 4.82. The lowest BCUT2D eigenvalue weighted by atomic mass is 10.2. The Hall–Kier alpha value is -2.79. The van der Waals surface area contributed by atoms with E-state index in [1.54, 1.807) is 0 Å². The first-order chi connectivity index (χ1) is 12.2. The number of amides is 1. The number of halogens is 7. The van der Waals surface area contributed by atoms with Crippen molar-refractivity contribution >= 4 is 11.6 Å². The molecule has 0 saturated carbocycles. The summed E-state index contributed by atoms with van der Waals surface area (Å²) in [6, 6.07) is 2.77. The molecule has 1 N–H and O–H groups in total. The van der Waals surface area contributed by atoms with Crippen LogP contribution >= 0.6 is 0 Å². The zero-order valence-corrected chi connectivity index (χ0v) is 12.6. The number of anilines is 1. The van der Waals surface area contributed by atoms with Crippen molar-refractivity contribution in [1.82, 2.24) is 9.78 Å². The second-order valence-electron chi connectivity index (χ2n) is 4.82. The topological polar surface area (TPSA) is 56.2 Å². The Bertz CT molecular complexity index is 780. The van der Waals surface area contributed by atoms with Crippen LogP contribution in [0.15, 0.2) is 24.3 Å². The van der Waals surface area contributed by atoms with Gasteiger partial charge in [-0.15, -0.1) is 0 Å². The summed E-state index contributed by atoms with van der Waals surface area (Å²) in [5.74, 6) is -2.68. The molecule has 142 valence electrons. The Morgan fingerprint density at radius 1 is 1.12 bits per heavy atom. The van der Waals surface area contributed by atoms with Crippen molar-refractivity contribution in [1.29, 1.82) is 0 Å². The molecule has 2 aromatic rings. The Morgan fingerprint density at radius 2 is 1.81 bits per heavy atom. The fraction of sp³-hybridized carbons (Fsp3) is 0.286. The van der Waals surface area contributed by atoms with Crippen LogP contribution in [-0.2, 0) is 11.3 Å². The number of hydrogen-bond acceptors (Lipinski definition) is 3. The number of hydrogen-bond donors (Lipinski definition) is 1. The molecule has 12 heteroatoms. The molecule has 1 amide bonds. The van der Waals surface area contributed by atoms with E-state index >= 15 is 0 Å². The Kier molecular flexibility index (Phi) is 6.05. The number of nitrogens with zero attached hydrogens (tertiary/aromatic N) is 2. The van der Waals surface area contributed by atoms with E-state index in [1.807, 2.05) is 5.32 Å². The molecule has 5 nitrogen and oxygen atoms in total. The van der Waals surface area contributed by atoms with Gasteiger partial charge in [0.25, 0.3) is 12.9 Å². The quantitative estimate of drug-likeness (QED) is 0.729. The SMILES string of the molecule is O=C(Cn1nc(C(F)F)cc1C(F)F)Nc1ccc(F)cc1OC(F)F. The number of nitrogens with one attached hydrogen (secondary N) is 1. The van der Waals surface area contributed by atoms with Gasteiger partial charge < -0.3 is 10.1 Å². The predicted octanol–water partition coefficient (Wildman–Crippen LogP) is 4.14. The van der Waals surface area contributed by atoms with Crippen LogP contribution in [0.3, 0.4) is 0 Å². The smallest absolute Gasteiger partial charge is 0.387 e. The van der Waals surface area contributed by atoms with Crippen molar-refractivity contribution in [3.63, 3.8) is 0 Å². The Morgan fingerprint density at radius 3 is 2.38 bits per heavy atom. The molecule has 1 aromatic carbocycles. The highest BCUT2D eigenvalue weighted by Crippen LogP contribution is 2.28. The van der Waals surface area contributed by atoms with Gasteiger partial charge in [0.2, 0.25) is 5.91 Å². The van der Waals surface area contributed by atoms with E-state index in [-0.39, 0.29) is 5.69 Å². The number of benzene rings is 1. The van der Waals surface area contributed by atoms with Crippen molar-refractivity contribution in [2.24, 2.45) is 0 Å². The van der Waals surface area contributed by atoms with Gasteiger partial charge in [-0.1, -0.05) is 0 Å². The number of aromatic nitrogens is 2. The molecular formula is C14H10F7N3O2. The highest BCUT2D eigenvalue weighted by molar-refractivity contribution is 5.92. The highest BCUT2D eigenvalue weighted by atomic mass is 19.3. The largest absolute Gasteiger partial charge is 0.432 e. The molecule has 0 unspecified atom stereocenters. The lowest BCUT2D eigenvalue weighted by molar-refractivity contribution is -0.117. The third-order valence-corrected chi connectivity index (χ3v) is 3.00. The van der Waals surface area contributed by atoms with Crippen LogP contribution in [0.4, 0.5) is 36.4 Å². The molecule has 0 aliphatic heterocycles. The lowest BCUT2D eigenvalue weighted by Crippen LogP contribution is -2.22. The van der Waals surface area contributed by atoms with Crippen LogP contribution < -0.4 is 10.1 Å². The van der Waals surface area contributed by atoms with E-state index in [1.165, 1.54) is 0 Å². The van der Waals surface area contributed by atoms with Gasteiger partial charge in [0.15, 0.2) is 5.75 Å². The van der Waals surface area contributed by atoms with Crippen LogP contribution in [0, 0.1) is 5.82 Å². The van der Waals surface area contributed by atoms with Crippen LogP contribution in [0.2, 0.25) is 0 Å². The fourth-order valence-electron chi connectivity index (χ4n) is 1.98. The molecule has 1 heterocycles. The fourth-order valence-corrected chi connectivity index (χ4v) is 1.98. The monoisotopic (exact) mass is 385 g/mol. The molecule has 0 bridgehead atoms. The lowest BCUT2D eigenvalue weighted by Gasteiger charge is -2.12. The van der Waals surface area contributed by atoms with E-state index in [9.17, 15) is 35.5 Å². The molecule has 0 saturated heterocycles. The summed E-state index contributed by atoms with van der Waals surface area (Å²) in [7, 11) is 0. The van der Waals surface area contributed by atoms with Gasteiger partial charge >= 0.3 is 6.61 Å². The Balaban J connectivity index is 2.19.